The number of rotatable bonds is 2. The van der Waals surface area contributed by atoms with Crippen LogP contribution in [0.15, 0.2) is 27.8 Å². The molecule has 0 aliphatic heterocycles. The first kappa shape index (κ1) is 18.1. The van der Waals surface area contributed by atoms with Gasteiger partial charge in [0.25, 0.3) is 5.56 Å². The van der Waals surface area contributed by atoms with Crippen LogP contribution in [-0.4, -0.2) is 20.2 Å². The molecular weight excluding hydrogens is 376 g/mol. The highest BCUT2D eigenvalue weighted by atomic mass is 35.5. The smallest absolute Gasteiger partial charge is 0.431 e. The van der Waals surface area contributed by atoms with Crippen molar-refractivity contribution in [2.45, 2.75) is 6.18 Å². The number of carboxylic acid groups (broad SMARTS) is 1. The van der Waals surface area contributed by atoms with Crippen molar-refractivity contribution in [2.24, 2.45) is 7.05 Å². The zero-order valence-electron chi connectivity index (χ0n) is 11.7. The summed E-state index contributed by atoms with van der Waals surface area (Å²) < 4.78 is 39.0. The Labute approximate surface area is 141 Å². The van der Waals surface area contributed by atoms with E-state index in [2.05, 4.69) is 0 Å². The average molecular weight is 383 g/mol. The van der Waals surface area contributed by atoms with E-state index in [1.165, 1.54) is 0 Å². The molecule has 0 spiro atoms. The predicted octanol–water partition coefficient (Wildman–Crippen LogP) is 2.56. The number of aromatic carboxylic acids is 1. The second-order valence-corrected chi connectivity index (χ2v) is 5.45. The number of hydrogen-bond acceptors (Lipinski definition) is 3. The van der Waals surface area contributed by atoms with Gasteiger partial charge in [-0.05, 0) is 12.1 Å². The summed E-state index contributed by atoms with van der Waals surface area (Å²) in [4.78, 5) is 35.2. The molecule has 1 N–H and O–H groups in total. The van der Waals surface area contributed by atoms with E-state index in [1.807, 2.05) is 0 Å². The lowest BCUT2D eigenvalue weighted by atomic mass is 10.2. The van der Waals surface area contributed by atoms with E-state index in [1.54, 1.807) is 0 Å². The molecule has 0 fully saturated rings. The molecule has 0 bridgehead atoms. The molecule has 0 amide bonds. The lowest BCUT2D eigenvalue weighted by molar-refractivity contribution is -0.144. The summed E-state index contributed by atoms with van der Waals surface area (Å²) in [6.07, 6.45) is -4.91. The lowest BCUT2D eigenvalue weighted by Gasteiger charge is -2.15. The molecule has 1 aromatic heterocycles. The number of alkyl halides is 3. The summed E-state index contributed by atoms with van der Waals surface area (Å²) in [6.45, 7) is 0. The van der Waals surface area contributed by atoms with Gasteiger partial charge in [-0.1, -0.05) is 23.2 Å². The first-order chi connectivity index (χ1) is 10.9. The first-order valence-corrected chi connectivity index (χ1v) is 6.83. The highest BCUT2D eigenvalue weighted by Crippen LogP contribution is 2.29. The Kier molecular flexibility index (Phi) is 4.51. The summed E-state index contributed by atoms with van der Waals surface area (Å²) in [5.74, 6) is -1.46. The van der Waals surface area contributed by atoms with E-state index in [0.717, 1.165) is 19.2 Å². The Morgan fingerprint density at radius 1 is 1.12 bits per heavy atom. The molecular formula is C13H7Cl2F3N2O4. The van der Waals surface area contributed by atoms with Crippen LogP contribution >= 0.6 is 23.2 Å². The van der Waals surface area contributed by atoms with Crippen LogP contribution < -0.4 is 11.2 Å². The molecule has 0 aliphatic carbocycles. The summed E-state index contributed by atoms with van der Waals surface area (Å²) in [7, 11) is 0.822. The van der Waals surface area contributed by atoms with E-state index in [0.29, 0.717) is 4.57 Å². The number of carboxylic acids is 1. The van der Waals surface area contributed by atoms with Crippen molar-refractivity contribution in [2.75, 3.05) is 0 Å². The number of hydrogen-bond donors (Lipinski definition) is 1. The molecule has 0 radical (unpaired) electrons. The monoisotopic (exact) mass is 382 g/mol. The highest BCUT2D eigenvalue weighted by Gasteiger charge is 2.35. The molecule has 1 heterocycles. The van der Waals surface area contributed by atoms with E-state index < -0.39 is 40.3 Å². The SMILES string of the molecule is Cn1c(C(F)(F)F)cc(=O)n(-c2cc(C(=O)O)c(Cl)cc2Cl)c1=O. The molecule has 2 rings (SSSR count). The van der Waals surface area contributed by atoms with E-state index in [4.69, 9.17) is 28.3 Å². The second-order valence-electron chi connectivity index (χ2n) is 4.63. The maximum atomic E-state index is 12.8. The number of carbonyl (C=O) groups is 1. The minimum absolute atomic E-state index is 0.215. The maximum Gasteiger partial charge on any atom is 0.431 e. The Morgan fingerprint density at radius 2 is 1.71 bits per heavy atom. The fraction of sp³-hybridized carbons (Fsp3) is 0.154. The van der Waals surface area contributed by atoms with Crippen molar-refractivity contribution in [1.29, 1.82) is 0 Å². The minimum atomic E-state index is -4.91. The van der Waals surface area contributed by atoms with Gasteiger partial charge >= 0.3 is 17.8 Å². The number of halogens is 5. The van der Waals surface area contributed by atoms with Gasteiger partial charge in [0.1, 0.15) is 5.69 Å². The van der Waals surface area contributed by atoms with Crippen molar-refractivity contribution in [1.82, 2.24) is 9.13 Å². The van der Waals surface area contributed by atoms with E-state index >= 15 is 0 Å². The van der Waals surface area contributed by atoms with Crippen molar-refractivity contribution < 1.29 is 23.1 Å². The quantitative estimate of drug-likeness (QED) is 0.865. The van der Waals surface area contributed by atoms with Crippen molar-refractivity contribution >= 4 is 29.2 Å². The van der Waals surface area contributed by atoms with Crippen LogP contribution in [0.3, 0.4) is 0 Å². The van der Waals surface area contributed by atoms with Gasteiger partial charge in [-0.15, -0.1) is 0 Å². The minimum Gasteiger partial charge on any atom is -0.478 e. The predicted molar refractivity (Wildman–Crippen MR) is 79.3 cm³/mol. The summed E-state index contributed by atoms with van der Waals surface area (Å²) in [6, 6.07) is 2.03. The molecule has 0 atom stereocenters. The molecule has 0 aliphatic rings. The summed E-state index contributed by atoms with van der Waals surface area (Å²) in [5, 5.41) is 8.49. The van der Waals surface area contributed by atoms with Gasteiger partial charge in [0.2, 0.25) is 0 Å². The second kappa shape index (κ2) is 5.99. The number of benzene rings is 1. The zero-order valence-corrected chi connectivity index (χ0v) is 13.2. The molecule has 0 saturated carbocycles. The summed E-state index contributed by atoms with van der Waals surface area (Å²) in [5.41, 5.74) is -4.96. The van der Waals surface area contributed by atoms with Crippen LogP contribution in [0, 0.1) is 0 Å². The average Bonchev–Trinajstić information content (AvgIpc) is 2.43. The Hall–Kier alpha value is -2.26. The fourth-order valence-corrected chi connectivity index (χ4v) is 2.54. The van der Waals surface area contributed by atoms with Crippen LogP contribution in [0.1, 0.15) is 16.1 Å². The van der Waals surface area contributed by atoms with Crippen molar-refractivity contribution in [3.8, 4) is 5.69 Å². The Balaban J connectivity index is 2.88. The Bertz CT molecular complexity index is 963. The van der Waals surface area contributed by atoms with Crippen LogP contribution in [-0.2, 0) is 13.2 Å². The topological polar surface area (TPSA) is 81.3 Å². The molecule has 128 valence electrons. The van der Waals surface area contributed by atoms with E-state index in [-0.39, 0.29) is 20.7 Å². The van der Waals surface area contributed by atoms with Crippen LogP contribution in [0.2, 0.25) is 10.0 Å². The van der Waals surface area contributed by atoms with Gasteiger partial charge in [0.15, 0.2) is 0 Å². The Morgan fingerprint density at radius 3 is 2.21 bits per heavy atom. The lowest BCUT2D eigenvalue weighted by Crippen LogP contribution is -2.40. The molecule has 11 heteroatoms. The fourth-order valence-electron chi connectivity index (χ4n) is 1.99. The van der Waals surface area contributed by atoms with Crippen molar-refractivity contribution in [3.05, 3.63) is 60.3 Å². The third kappa shape index (κ3) is 3.04. The van der Waals surface area contributed by atoms with Gasteiger partial charge in [-0.25, -0.2) is 14.2 Å². The van der Waals surface area contributed by atoms with Gasteiger partial charge in [0, 0.05) is 13.1 Å². The van der Waals surface area contributed by atoms with E-state index in [9.17, 15) is 27.6 Å². The molecule has 24 heavy (non-hydrogen) atoms. The first-order valence-electron chi connectivity index (χ1n) is 6.08. The standard InChI is InChI=1S/C13H7Cl2F3N2O4/c1-19-9(13(16,17)18)4-10(21)20(12(19)24)8-2-5(11(22)23)6(14)3-7(8)15/h2-4H,1H3,(H,22,23). The van der Waals surface area contributed by atoms with Crippen LogP contribution in [0.25, 0.3) is 5.69 Å². The maximum absolute atomic E-state index is 12.8. The molecule has 1 aromatic carbocycles. The number of nitrogens with zero attached hydrogens (tertiary/aromatic N) is 2. The van der Waals surface area contributed by atoms with Gasteiger partial charge in [-0.3, -0.25) is 9.36 Å². The van der Waals surface area contributed by atoms with Gasteiger partial charge in [-0.2, -0.15) is 13.2 Å². The number of aromatic nitrogens is 2. The van der Waals surface area contributed by atoms with Gasteiger partial charge < -0.3 is 5.11 Å². The zero-order chi connectivity index (χ0) is 18.4. The van der Waals surface area contributed by atoms with Crippen molar-refractivity contribution in [3.63, 3.8) is 0 Å². The molecule has 0 unspecified atom stereocenters. The third-order valence-electron chi connectivity index (χ3n) is 3.12. The largest absolute Gasteiger partial charge is 0.478 e. The molecule has 2 aromatic rings. The summed E-state index contributed by atoms with van der Waals surface area (Å²) >= 11 is 11.6. The normalized spacial score (nSPS) is 11.6. The van der Waals surface area contributed by atoms with Crippen LogP contribution in [0.5, 0.6) is 0 Å². The highest BCUT2D eigenvalue weighted by molar-refractivity contribution is 6.37. The third-order valence-corrected chi connectivity index (χ3v) is 3.73. The van der Waals surface area contributed by atoms with Gasteiger partial charge in [0.05, 0.1) is 21.3 Å². The molecule has 0 saturated heterocycles. The van der Waals surface area contributed by atoms with Crippen LogP contribution in [0.4, 0.5) is 13.2 Å². The molecule has 6 nitrogen and oxygen atoms in total.